The first-order valence-electron chi connectivity index (χ1n) is 6.40. The van der Waals surface area contributed by atoms with Crippen LogP contribution in [-0.4, -0.2) is 15.2 Å². The standard InChI is InChI=1S/C13H17N3S2/c1-8-3-2-4-9(7-8)18-13-15-11(14)10-5-6-17-12(10)16-13/h5-6,8-9H,2-4,7H2,1H3,(H2,14,15,16). The molecular weight excluding hydrogens is 262 g/mol. The number of nitrogens with two attached hydrogens (primary N) is 1. The number of nitrogens with zero attached hydrogens (tertiary/aromatic N) is 2. The van der Waals surface area contributed by atoms with E-state index in [1.807, 2.05) is 11.4 Å². The maximum absolute atomic E-state index is 5.98. The molecule has 0 amide bonds. The van der Waals surface area contributed by atoms with Crippen molar-refractivity contribution in [3.8, 4) is 0 Å². The highest BCUT2D eigenvalue weighted by atomic mass is 32.2. The molecule has 0 spiro atoms. The van der Waals surface area contributed by atoms with Crippen LogP contribution < -0.4 is 5.73 Å². The molecule has 1 aliphatic carbocycles. The van der Waals surface area contributed by atoms with Crippen LogP contribution in [-0.2, 0) is 0 Å². The van der Waals surface area contributed by atoms with Gasteiger partial charge in [0.1, 0.15) is 10.6 Å². The predicted molar refractivity (Wildman–Crippen MR) is 79.1 cm³/mol. The van der Waals surface area contributed by atoms with Crippen LogP contribution >= 0.6 is 23.1 Å². The van der Waals surface area contributed by atoms with Gasteiger partial charge in [-0.15, -0.1) is 11.3 Å². The Kier molecular flexibility index (Phi) is 3.43. The van der Waals surface area contributed by atoms with Gasteiger partial charge < -0.3 is 5.73 Å². The second kappa shape index (κ2) is 5.05. The second-order valence-corrected chi connectivity index (χ2v) is 7.20. The summed E-state index contributed by atoms with van der Waals surface area (Å²) in [6.07, 6.45) is 5.25. The molecule has 2 atom stereocenters. The van der Waals surface area contributed by atoms with Gasteiger partial charge in [-0.25, -0.2) is 9.97 Å². The highest BCUT2D eigenvalue weighted by Gasteiger charge is 2.21. The molecule has 1 fully saturated rings. The molecule has 0 saturated heterocycles. The summed E-state index contributed by atoms with van der Waals surface area (Å²) in [7, 11) is 0. The highest BCUT2D eigenvalue weighted by Crippen LogP contribution is 2.36. The molecule has 3 rings (SSSR count). The number of nitrogen functional groups attached to an aromatic ring is 1. The van der Waals surface area contributed by atoms with Crippen molar-refractivity contribution in [2.75, 3.05) is 5.73 Å². The van der Waals surface area contributed by atoms with Crippen molar-refractivity contribution < 1.29 is 0 Å². The number of aromatic nitrogens is 2. The largest absolute Gasteiger partial charge is 0.383 e. The summed E-state index contributed by atoms with van der Waals surface area (Å²) in [4.78, 5) is 10.0. The smallest absolute Gasteiger partial charge is 0.191 e. The summed E-state index contributed by atoms with van der Waals surface area (Å²) in [5, 5.41) is 4.51. The number of anilines is 1. The average Bonchev–Trinajstić information content (AvgIpc) is 2.77. The number of fused-ring (bicyclic) bond motifs is 1. The molecule has 2 heterocycles. The van der Waals surface area contributed by atoms with Gasteiger partial charge in [0, 0.05) is 5.25 Å². The molecule has 96 valence electrons. The first kappa shape index (κ1) is 12.2. The Morgan fingerprint density at radius 1 is 1.39 bits per heavy atom. The van der Waals surface area contributed by atoms with Crippen molar-refractivity contribution in [3.63, 3.8) is 0 Å². The molecular formula is C13H17N3S2. The van der Waals surface area contributed by atoms with E-state index in [4.69, 9.17) is 5.73 Å². The Labute approximate surface area is 115 Å². The molecule has 0 bridgehead atoms. The molecule has 1 aliphatic rings. The molecule has 3 nitrogen and oxygen atoms in total. The van der Waals surface area contributed by atoms with Crippen molar-refractivity contribution in [2.24, 2.45) is 5.92 Å². The van der Waals surface area contributed by atoms with E-state index in [1.165, 1.54) is 25.7 Å². The molecule has 0 radical (unpaired) electrons. The summed E-state index contributed by atoms with van der Waals surface area (Å²) in [5.41, 5.74) is 5.98. The monoisotopic (exact) mass is 279 g/mol. The van der Waals surface area contributed by atoms with Gasteiger partial charge in [-0.05, 0) is 30.2 Å². The van der Waals surface area contributed by atoms with Gasteiger partial charge in [-0.3, -0.25) is 0 Å². The highest BCUT2D eigenvalue weighted by molar-refractivity contribution is 7.99. The van der Waals surface area contributed by atoms with Crippen LogP contribution in [0.5, 0.6) is 0 Å². The third-order valence-electron chi connectivity index (χ3n) is 3.49. The lowest BCUT2D eigenvalue weighted by Crippen LogP contribution is -2.15. The van der Waals surface area contributed by atoms with E-state index in [0.717, 1.165) is 21.3 Å². The minimum atomic E-state index is 0.618. The lowest BCUT2D eigenvalue weighted by Gasteiger charge is -2.25. The van der Waals surface area contributed by atoms with E-state index < -0.39 is 0 Å². The Balaban J connectivity index is 1.81. The van der Waals surface area contributed by atoms with Crippen LogP contribution in [0.15, 0.2) is 16.6 Å². The van der Waals surface area contributed by atoms with Crippen molar-refractivity contribution >= 4 is 39.1 Å². The molecule has 18 heavy (non-hydrogen) atoms. The molecule has 2 unspecified atom stereocenters. The molecule has 0 aromatic carbocycles. The third-order valence-corrected chi connectivity index (χ3v) is 5.46. The molecule has 5 heteroatoms. The lowest BCUT2D eigenvalue weighted by molar-refractivity contribution is 0.394. The topological polar surface area (TPSA) is 51.8 Å². The Morgan fingerprint density at radius 2 is 2.28 bits per heavy atom. The lowest BCUT2D eigenvalue weighted by atomic mass is 9.91. The van der Waals surface area contributed by atoms with Gasteiger partial charge in [-0.1, -0.05) is 31.5 Å². The van der Waals surface area contributed by atoms with Crippen molar-refractivity contribution in [1.82, 2.24) is 9.97 Å². The van der Waals surface area contributed by atoms with Gasteiger partial charge in [0.15, 0.2) is 5.16 Å². The number of thioether (sulfide) groups is 1. The SMILES string of the molecule is CC1CCCC(Sc2nc(N)c3ccsc3n2)C1. The van der Waals surface area contributed by atoms with Gasteiger partial charge >= 0.3 is 0 Å². The minimum absolute atomic E-state index is 0.618. The summed E-state index contributed by atoms with van der Waals surface area (Å²) in [6, 6.07) is 1.99. The zero-order valence-electron chi connectivity index (χ0n) is 10.4. The third kappa shape index (κ3) is 2.47. The zero-order chi connectivity index (χ0) is 12.5. The average molecular weight is 279 g/mol. The Bertz CT molecular complexity index is 552. The van der Waals surface area contributed by atoms with Crippen molar-refractivity contribution in [2.45, 2.75) is 43.0 Å². The van der Waals surface area contributed by atoms with E-state index in [2.05, 4.69) is 16.9 Å². The summed E-state index contributed by atoms with van der Waals surface area (Å²) < 4.78 is 0. The Morgan fingerprint density at radius 3 is 3.11 bits per heavy atom. The number of thiophene rings is 1. The summed E-state index contributed by atoms with van der Waals surface area (Å²) in [5.74, 6) is 1.45. The minimum Gasteiger partial charge on any atom is -0.383 e. The molecule has 2 N–H and O–H groups in total. The van der Waals surface area contributed by atoms with Crippen LogP contribution in [0.2, 0.25) is 0 Å². The van der Waals surface area contributed by atoms with E-state index in [1.54, 1.807) is 23.1 Å². The summed E-state index contributed by atoms with van der Waals surface area (Å²) in [6.45, 7) is 2.34. The fourth-order valence-corrected chi connectivity index (χ4v) is 4.68. The number of rotatable bonds is 2. The number of hydrogen-bond acceptors (Lipinski definition) is 5. The first-order valence-corrected chi connectivity index (χ1v) is 8.15. The molecule has 2 aromatic heterocycles. The predicted octanol–water partition coefficient (Wildman–Crippen LogP) is 3.94. The first-order chi connectivity index (χ1) is 8.72. The van der Waals surface area contributed by atoms with Crippen LogP contribution in [0.1, 0.15) is 32.6 Å². The van der Waals surface area contributed by atoms with Crippen molar-refractivity contribution in [1.29, 1.82) is 0 Å². The van der Waals surface area contributed by atoms with Gasteiger partial charge in [-0.2, -0.15) is 0 Å². The molecule has 1 saturated carbocycles. The summed E-state index contributed by atoms with van der Waals surface area (Å²) >= 11 is 3.44. The van der Waals surface area contributed by atoms with E-state index in [9.17, 15) is 0 Å². The van der Waals surface area contributed by atoms with Crippen LogP contribution in [0.4, 0.5) is 5.82 Å². The molecule has 2 aromatic rings. The van der Waals surface area contributed by atoms with Gasteiger partial charge in [0.2, 0.25) is 0 Å². The fourth-order valence-electron chi connectivity index (χ4n) is 2.55. The second-order valence-electron chi connectivity index (χ2n) is 5.04. The van der Waals surface area contributed by atoms with Crippen LogP contribution in [0, 0.1) is 5.92 Å². The molecule has 0 aliphatic heterocycles. The fraction of sp³-hybridized carbons (Fsp3) is 0.538. The Hall–Kier alpha value is -0.810. The number of hydrogen-bond donors (Lipinski definition) is 1. The quantitative estimate of drug-likeness (QED) is 0.846. The normalized spacial score (nSPS) is 24.5. The van der Waals surface area contributed by atoms with Crippen LogP contribution in [0.3, 0.4) is 0 Å². The maximum atomic E-state index is 5.98. The van der Waals surface area contributed by atoms with Crippen molar-refractivity contribution in [3.05, 3.63) is 11.4 Å². The van der Waals surface area contributed by atoms with E-state index in [-0.39, 0.29) is 0 Å². The van der Waals surface area contributed by atoms with Gasteiger partial charge in [0.05, 0.1) is 5.39 Å². The van der Waals surface area contributed by atoms with E-state index >= 15 is 0 Å². The van der Waals surface area contributed by atoms with Gasteiger partial charge in [0.25, 0.3) is 0 Å². The maximum Gasteiger partial charge on any atom is 0.191 e. The zero-order valence-corrected chi connectivity index (χ0v) is 12.1. The van der Waals surface area contributed by atoms with E-state index in [0.29, 0.717) is 11.1 Å². The van der Waals surface area contributed by atoms with Crippen LogP contribution in [0.25, 0.3) is 10.2 Å².